The second kappa shape index (κ2) is 15.7. The zero-order valence-corrected chi connectivity index (χ0v) is 35.7. The first-order chi connectivity index (χ1) is 26.7. The molecule has 3 aliphatic rings. The van der Waals surface area contributed by atoms with Gasteiger partial charge < -0.3 is 22.4 Å². The van der Waals surface area contributed by atoms with Gasteiger partial charge >= 0.3 is 23.2 Å². The number of likely N-dealkylation sites (N-methyl/N-ethyl adjacent to an activating group) is 1. The third-order valence-electron chi connectivity index (χ3n) is 11.0. The molecule has 56 heavy (non-hydrogen) atoms. The van der Waals surface area contributed by atoms with E-state index in [2.05, 4.69) is 70.7 Å². The minimum atomic E-state index is -3.05. The molecule has 17 heteroatoms. The summed E-state index contributed by atoms with van der Waals surface area (Å²) < 4.78 is 36.8. The number of carbonyl (C=O) groups excluding carboxylic acids is 2. The second-order valence-corrected chi connectivity index (χ2v) is 24.8. The van der Waals surface area contributed by atoms with Crippen LogP contribution in [0.15, 0.2) is 67.0 Å². The van der Waals surface area contributed by atoms with Crippen LogP contribution in [0.25, 0.3) is 11.2 Å². The number of nitrogens with one attached hydrogen (secondary N) is 1. The van der Waals surface area contributed by atoms with Gasteiger partial charge in [0, 0.05) is 14.0 Å². The topological polar surface area (TPSA) is 152 Å². The quantitative estimate of drug-likeness (QED) is 0.166. The average molecular weight is 804 g/mol. The number of amides is 2. The summed E-state index contributed by atoms with van der Waals surface area (Å²) in [5.41, 5.74) is 2.16. The van der Waals surface area contributed by atoms with E-state index in [0.717, 1.165) is 0 Å². The molecule has 4 aromatic rings. The number of hydrogen-bond donors (Lipinski definition) is 1. The highest BCUT2D eigenvalue weighted by molar-refractivity contribution is 6.83. The van der Waals surface area contributed by atoms with Gasteiger partial charge in [-0.25, -0.2) is 14.7 Å². The first-order valence-electron chi connectivity index (χ1n) is 19.4. The number of hydroxylamine groups is 2. The van der Waals surface area contributed by atoms with Crippen LogP contribution >= 0.6 is 0 Å². The van der Waals surface area contributed by atoms with Crippen LogP contribution in [0.1, 0.15) is 68.5 Å². The molecule has 4 bridgehead atoms. The summed E-state index contributed by atoms with van der Waals surface area (Å²) in [6.45, 7) is 19.2. The minimum Gasteiger partial charge on any atom is -0.414 e. The largest absolute Gasteiger partial charge is 0.425 e. The summed E-state index contributed by atoms with van der Waals surface area (Å²) in [6.07, 6.45) is -1.57. The lowest BCUT2D eigenvalue weighted by Crippen LogP contribution is -2.63. The summed E-state index contributed by atoms with van der Waals surface area (Å²) in [7, 11) is -4.00. The Morgan fingerprint density at radius 1 is 0.839 bits per heavy atom. The summed E-state index contributed by atoms with van der Waals surface area (Å²) in [6, 6.07) is 18.0. The Morgan fingerprint density at radius 3 is 1.98 bits per heavy atom. The van der Waals surface area contributed by atoms with Gasteiger partial charge in [0.25, 0.3) is 5.88 Å². The molecule has 0 spiro atoms. The van der Waals surface area contributed by atoms with Crippen molar-refractivity contribution in [2.75, 3.05) is 23.9 Å². The van der Waals surface area contributed by atoms with Gasteiger partial charge in [-0.05, 0) is 46.4 Å². The van der Waals surface area contributed by atoms with Crippen LogP contribution in [0.2, 0.25) is 22.2 Å². The van der Waals surface area contributed by atoms with Crippen LogP contribution < -0.4 is 15.0 Å². The molecule has 0 aliphatic carbocycles. The van der Waals surface area contributed by atoms with E-state index in [4.69, 9.17) is 32.3 Å². The van der Waals surface area contributed by atoms with Gasteiger partial charge in [0.2, 0.25) is 11.9 Å². The zero-order valence-electron chi connectivity index (χ0n) is 33.7. The fraction of sp³-hybridized carbons (Fsp3) is 0.513. The highest BCUT2D eigenvalue weighted by Gasteiger charge is 2.64. The monoisotopic (exact) mass is 803 g/mol. The van der Waals surface area contributed by atoms with E-state index in [1.54, 1.807) is 35.2 Å². The maximum Gasteiger partial charge on any atom is 0.425 e. The molecule has 2 amide bonds. The van der Waals surface area contributed by atoms with Gasteiger partial charge in [-0.15, -0.1) is 0 Å². The minimum absolute atomic E-state index is 0.0730. The predicted octanol–water partition coefficient (Wildman–Crippen LogP) is 7.59. The molecule has 15 nitrogen and oxygen atoms in total. The molecule has 3 saturated heterocycles. The Bertz CT molecular complexity index is 1980. The second-order valence-electron chi connectivity index (χ2n) is 16.0. The number of carbonyl (C=O) groups is 2. The van der Waals surface area contributed by atoms with Gasteiger partial charge in [0.15, 0.2) is 23.5 Å². The standard InChI is InChI=1S/C39H53N7O8Si2/c1-23(2)55(24(3)4)49-21-30-32-33(53-56(54-55,25(5)6)26(7)8)34(52-44(30)10)37(50-32)45-22-40-31-35(45)42-38(41-27(9)47)43-36(31)51-39(48)46(28-17-13-11-14-18-28)29-19-15-12-16-20-29/h11-20,22-26,30,32-34,37H,21H2,1-10H3,(H,41,42,43,47)/t30?,32-,33-,34?,37+/m0/s1. The molecule has 3 fully saturated rings. The lowest BCUT2D eigenvalue weighted by Gasteiger charge is -2.48. The highest BCUT2D eigenvalue weighted by atomic mass is 28.5. The molecular weight excluding hydrogens is 751 g/mol. The number of ether oxygens (including phenoxy) is 2. The number of para-hydroxylation sites is 2. The van der Waals surface area contributed by atoms with E-state index >= 15 is 0 Å². The molecular formula is C39H53N7O8Si2. The van der Waals surface area contributed by atoms with Crippen molar-refractivity contribution in [3.63, 3.8) is 0 Å². The molecule has 3 aliphatic heterocycles. The molecule has 300 valence electrons. The fourth-order valence-electron chi connectivity index (χ4n) is 8.27. The average Bonchev–Trinajstić information content (AvgIpc) is 3.68. The molecule has 7 rings (SSSR count). The SMILES string of the molecule is CC(=O)Nc1nc(OC(=O)N(c2ccccc2)c2ccccc2)c2ncn([C@@H]3O[C@H]4C5CO[Si](C(C)C)(C(C)C)O[Si](C(C)C)(C(C)C)O[C@@H]4C3ON5C)c2n1. The van der Waals surface area contributed by atoms with Gasteiger partial charge in [0.05, 0.1) is 30.4 Å². The van der Waals surface area contributed by atoms with Gasteiger partial charge in [-0.1, -0.05) is 91.8 Å². The van der Waals surface area contributed by atoms with E-state index in [1.807, 2.05) is 48.5 Å². The van der Waals surface area contributed by atoms with E-state index in [9.17, 15) is 9.59 Å². The van der Waals surface area contributed by atoms with Crippen molar-refractivity contribution in [2.24, 2.45) is 0 Å². The van der Waals surface area contributed by atoms with Crippen LogP contribution in [0.4, 0.5) is 22.1 Å². The molecule has 0 saturated carbocycles. The fourth-order valence-corrected chi connectivity index (χ4v) is 19.5. The van der Waals surface area contributed by atoms with Crippen molar-refractivity contribution in [1.82, 2.24) is 24.6 Å². The van der Waals surface area contributed by atoms with E-state index < -0.39 is 53.7 Å². The van der Waals surface area contributed by atoms with Crippen LogP contribution in [-0.4, -0.2) is 91.7 Å². The molecule has 2 aromatic heterocycles. The third kappa shape index (κ3) is 7.08. The molecule has 2 unspecified atom stereocenters. The smallest absolute Gasteiger partial charge is 0.414 e. The van der Waals surface area contributed by atoms with E-state index in [0.29, 0.717) is 18.0 Å². The lowest BCUT2D eigenvalue weighted by atomic mass is 10.0. The van der Waals surface area contributed by atoms with Crippen molar-refractivity contribution >= 4 is 57.6 Å². The molecule has 0 radical (unpaired) electrons. The number of fused-ring (bicyclic) bond motifs is 1. The Balaban J connectivity index is 1.29. The van der Waals surface area contributed by atoms with Gasteiger partial charge in [-0.3, -0.25) is 19.5 Å². The Morgan fingerprint density at radius 2 is 1.43 bits per heavy atom. The van der Waals surface area contributed by atoms with E-state index in [-0.39, 0.29) is 51.2 Å². The lowest BCUT2D eigenvalue weighted by molar-refractivity contribution is -0.261. The Kier molecular flexibility index (Phi) is 11.2. The van der Waals surface area contributed by atoms with Crippen LogP contribution in [-0.2, 0) is 27.3 Å². The highest BCUT2D eigenvalue weighted by Crippen LogP contribution is 2.50. The molecule has 5 heterocycles. The molecule has 2 aromatic carbocycles. The number of nitrogens with zero attached hydrogens (tertiary/aromatic N) is 6. The number of rotatable bonds is 9. The number of anilines is 3. The van der Waals surface area contributed by atoms with Crippen molar-refractivity contribution < 1.29 is 36.9 Å². The number of imidazole rings is 1. The number of aromatic nitrogens is 4. The summed E-state index contributed by atoms with van der Waals surface area (Å²) in [4.78, 5) is 48.4. The molecule has 5 atom stereocenters. The van der Waals surface area contributed by atoms with Gasteiger partial charge in [-0.2, -0.15) is 15.0 Å². The normalized spacial score (nSPS) is 24.6. The van der Waals surface area contributed by atoms with Crippen molar-refractivity contribution in [1.29, 1.82) is 0 Å². The first-order valence-corrected chi connectivity index (χ1v) is 23.3. The van der Waals surface area contributed by atoms with Crippen LogP contribution in [0.3, 0.4) is 0 Å². The number of hydrogen-bond acceptors (Lipinski definition) is 12. The van der Waals surface area contributed by atoms with Crippen molar-refractivity contribution in [3.05, 3.63) is 67.0 Å². The third-order valence-corrected chi connectivity index (χ3v) is 21.3. The maximum atomic E-state index is 14.1. The zero-order chi connectivity index (χ0) is 40.1. The summed E-state index contributed by atoms with van der Waals surface area (Å²) in [5.74, 6) is -0.622. The predicted molar refractivity (Wildman–Crippen MR) is 215 cm³/mol. The van der Waals surface area contributed by atoms with Crippen molar-refractivity contribution in [3.8, 4) is 5.88 Å². The van der Waals surface area contributed by atoms with Crippen LogP contribution in [0.5, 0.6) is 5.88 Å². The van der Waals surface area contributed by atoms with Gasteiger partial charge in [0.1, 0.15) is 12.2 Å². The summed E-state index contributed by atoms with van der Waals surface area (Å²) in [5, 5.41) is 4.47. The van der Waals surface area contributed by atoms with Crippen molar-refractivity contribution in [2.45, 2.75) is 115 Å². The van der Waals surface area contributed by atoms with Crippen LogP contribution in [0, 0.1) is 0 Å². The number of benzene rings is 2. The van der Waals surface area contributed by atoms with E-state index in [1.165, 1.54) is 11.8 Å². The molecule has 1 N–H and O–H groups in total. The Labute approximate surface area is 330 Å². The first kappa shape index (κ1) is 40.1. The Hall–Kier alpha value is -4.08. The summed E-state index contributed by atoms with van der Waals surface area (Å²) >= 11 is 0. The maximum absolute atomic E-state index is 14.1.